The topological polar surface area (TPSA) is 61.4 Å². The maximum Gasteiger partial charge on any atom is 0.234 e. The van der Waals surface area contributed by atoms with Crippen molar-refractivity contribution in [3.05, 3.63) is 106 Å². The molecular weight excluding hydrogens is 564 g/mol. The molecule has 2 N–H and O–H groups in total. The molecule has 0 aromatic heterocycles. The van der Waals surface area contributed by atoms with Crippen LogP contribution < -0.4 is 10.6 Å². The summed E-state index contributed by atoms with van der Waals surface area (Å²) in [6, 6.07) is 19.4. The van der Waals surface area contributed by atoms with E-state index in [-0.39, 0.29) is 41.3 Å². The molecular formula is C31H32BrF2N3O2. The van der Waals surface area contributed by atoms with Gasteiger partial charge in [-0.15, -0.1) is 0 Å². The van der Waals surface area contributed by atoms with Crippen molar-refractivity contribution < 1.29 is 18.4 Å². The first kappa shape index (κ1) is 27.5. The molecule has 3 atom stereocenters. The van der Waals surface area contributed by atoms with Crippen molar-refractivity contribution in [2.45, 2.75) is 43.7 Å². The summed E-state index contributed by atoms with van der Waals surface area (Å²) in [6.45, 7) is 2.34. The van der Waals surface area contributed by atoms with Gasteiger partial charge in [-0.2, -0.15) is 0 Å². The fourth-order valence-electron chi connectivity index (χ4n) is 5.63. The minimum absolute atomic E-state index is 0.0125. The second-order valence-corrected chi connectivity index (χ2v) is 11.4. The molecule has 1 aliphatic heterocycles. The Morgan fingerprint density at radius 3 is 2.00 bits per heavy atom. The second kappa shape index (κ2) is 12.4. The molecule has 3 aromatic carbocycles. The Labute approximate surface area is 236 Å². The molecule has 2 fully saturated rings. The molecule has 3 aromatic rings. The number of amides is 2. The van der Waals surface area contributed by atoms with Gasteiger partial charge in [-0.1, -0.05) is 52.3 Å². The average Bonchev–Trinajstić information content (AvgIpc) is 2.91. The lowest BCUT2D eigenvalue weighted by atomic mass is 9.73. The van der Waals surface area contributed by atoms with Gasteiger partial charge in [0.2, 0.25) is 11.8 Å². The van der Waals surface area contributed by atoms with Crippen LogP contribution >= 0.6 is 15.9 Å². The molecule has 39 heavy (non-hydrogen) atoms. The van der Waals surface area contributed by atoms with Gasteiger partial charge in [-0.05, 0) is 97.8 Å². The van der Waals surface area contributed by atoms with Crippen molar-refractivity contribution >= 4 is 27.7 Å². The number of nitrogens with one attached hydrogen (secondary N) is 2. The number of likely N-dealkylation sites (tertiary alicyclic amines) is 1. The zero-order valence-corrected chi connectivity index (χ0v) is 23.2. The molecule has 1 saturated heterocycles. The summed E-state index contributed by atoms with van der Waals surface area (Å²) in [5.41, 5.74) is 2.46. The van der Waals surface area contributed by atoms with Crippen molar-refractivity contribution in [1.82, 2.24) is 15.5 Å². The van der Waals surface area contributed by atoms with Gasteiger partial charge in [-0.3, -0.25) is 14.5 Å². The molecule has 204 valence electrons. The lowest BCUT2D eigenvalue weighted by Crippen LogP contribution is -2.49. The monoisotopic (exact) mass is 595 g/mol. The van der Waals surface area contributed by atoms with Crippen molar-refractivity contribution in [3.63, 3.8) is 0 Å². The van der Waals surface area contributed by atoms with Crippen LogP contribution in [0, 0.1) is 17.6 Å². The van der Waals surface area contributed by atoms with Crippen LogP contribution in [-0.2, 0) is 9.59 Å². The van der Waals surface area contributed by atoms with E-state index in [0.717, 1.165) is 29.5 Å². The highest BCUT2D eigenvalue weighted by Gasteiger charge is 2.37. The SMILES string of the molecule is O=C(CN1CCC1)N[C@@H]1CC[C@@H](C(=O)NC(c2ccc(F)cc2)c2ccc(F)cc2)[C@H](c2ccc(Br)cc2)C1. The summed E-state index contributed by atoms with van der Waals surface area (Å²) in [5.74, 6) is -1.24. The number of carbonyl (C=O) groups is 2. The fourth-order valence-corrected chi connectivity index (χ4v) is 5.89. The Kier molecular flexibility index (Phi) is 8.72. The lowest BCUT2D eigenvalue weighted by Gasteiger charge is -2.37. The lowest BCUT2D eigenvalue weighted by molar-refractivity contribution is -0.127. The number of hydrogen-bond acceptors (Lipinski definition) is 3. The Bertz CT molecular complexity index is 1240. The molecule has 2 amide bonds. The summed E-state index contributed by atoms with van der Waals surface area (Å²) in [6.07, 6.45) is 3.11. The van der Waals surface area contributed by atoms with Gasteiger partial charge in [0.15, 0.2) is 0 Å². The van der Waals surface area contributed by atoms with E-state index in [4.69, 9.17) is 0 Å². The largest absolute Gasteiger partial charge is 0.352 e. The first-order valence-corrected chi connectivity index (χ1v) is 14.2. The van der Waals surface area contributed by atoms with Crippen molar-refractivity contribution in [3.8, 4) is 0 Å². The molecule has 5 nitrogen and oxygen atoms in total. The summed E-state index contributed by atoms with van der Waals surface area (Å²) >= 11 is 3.49. The van der Waals surface area contributed by atoms with Crippen molar-refractivity contribution in [1.29, 1.82) is 0 Å². The quantitative estimate of drug-likeness (QED) is 0.351. The maximum atomic E-state index is 13.9. The number of carbonyl (C=O) groups excluding carboxylic acids is 2. The first-order valence-electron chi connectivity index (χ1n) is 13.4. The molecule has 0 unspecified atom stereocenters. The average molecular weight is 597 g/mol. The fraction of sp³-hybridized carbons (Fsp3) is 0.355. The van der Waals surface area contributed by atoms with Gasteiger partial charge < -0.3 is 10.6 Å². The summed E-state index contributed by atoms with van der Waals surface area (Å²) in [7, 11) is 0. The molecule has 5 rings (SSSR count). The summed E-state index contributed by atoms with van der Waals surface area (Å²) < 4.78 is 28.3. The summed E-state index contributed by atoms with van der Waals surface area (Å²) in [5, 5.41) is 6.38. The standard InChI is InChI=1S/C31H32BrF2N3O2/c32-23-8-2-20(3-9-23)28-18-26(35-29(38)19-37-16-1-17-37)14-15-27(28)31(39)36-30(21-4-10-24(33)11-5-21)22-6-12-25(34)13-7-22/h2-13,26-28,30H,1,14-19H2,(H,35,38)(H,36,39)/t26-,27-,28+/m1/s1. The molecule has 0 bridgehead atoms. The van der Waals surface area contributed by atoms with Crippen LogP contribution in [0.3, 0.4) is 0 Å². The Morgan fingerprint density at radius 2 is 1.46 bits per heavy atom. The zero-order valence-electron chi connectivity index (χ0n) is 21.6. The highest BCUT2D eigenvalue weighted by molar-refractivity contribution is 9.10. The predicted octanol–water partition coefficient (Wildman–Crippen LogP) is 5.71. The Morgan fingerprint density at radius 1 is 0.872 bits per heavy atom. The van der Waals surface area contributed by atoms with Gasteiger partial charge in [0.25, 0.3) is 0 Å². The van der Waals surface area contributed by atoms with Crippen molar-refractivity contribution in [2.24, 2.45) is 5.92 Å². The van der Waals surface area contributed by atoms with E-state index in [0.29, 0.717) is 36.9 Å². The van der Waals surface area contributed by atoms with E-state index < -0.39 is 6.04 Å². The minimum atomic E-state index is -0.557. The van der Waals surface area contributed by atoms with Crippen LogP contribution in [-0.4, -0.2) is 42.4 Å². The van der Waals surface area contributed by atoms with E-state index in [1.807, 2.05) is 24.3 Å². The highest BCUT2D eigenvalue weighted by atomic mass is 79.9. The van der Waals surface area contributed by atoms with E-state index in [1.165, 1.54) is 24.3 Å². The van der Waals surface area contributed by atoms with E-state index in [2.05, 4.69) is 31.5 Å². The van der Waals surface area contributed by atoms with Crippen molar-refractivity contribution in [2.75, 3.05) is 19.6 Å². The molecule has 1 heterocycles. The van der Waals surface area contributed by atoms with Gasteiger partial charge in [-0.25, -0.2) is 8.78 Å². The number of benzene rings is 3. The van der Waals surface area contributed by atoms with E-state index in [1.54, 1.807) is 24.3 Å². The first-order chi connectivity index (χ1) is 18.9. The van der Waals surface area contributed by atoms with Gasteiger partial charge in [0, 0.05) is 16.4 Å². The Balaban J connectivity index is 1.36. The van der Waals surface area contributed by atoms with Gasteiger partial charge >= 0.3 is 0 Å². The predicted molar refractivity (Wildman–Crippen MR) is 150 cm³/mol. The van der Waals surface area contributed by atoms with Crippen LogP contribution in [0.2, 0.25) is 0 Å². The van der Waals surface area contributed by atoms with Gasteiger partial charge in [0.1, 0.15) is 11.6 Å². The number of halogens is 3. The van der Waals surface area contributed by atoms with Crippen LogP contribution in [0.4, 0.5) is 8.78 Å². The third-order valence-corrected chi connectivity index (χ3v) is 8.39. The normalized spacial score (nSPS) is 21.3. The second-order valence-electron chi connectivity index (χ2n) is 10.5. The maximum absolute atomic E-state index is 13.9. The molecule has 1 saturated carbocycles. The third kappa shape index (κ3) is 6.92. The molecule has 2 aliphatic rings. The summed E-state index contributed by atoms with van der Waals surface area (Å²) in [4.78, 5) is 28.7. The zero-order chi connectivity index (χ0) is 27.4. The van der Waals surface area contributed by atoms with E-state index in [9.17, 15) is 18.4 Å². The minimum Gasteiger partial charge on any atom is -0.352 e. The van der Waals surface area contributed by atoms with Gasteiger partial charge in [0.05, 0.1) is 12.6 Å². The number of nitrogens with zero attached hydrogens (tertiary/aromatic N) is 1. The molecule has 8 heteroatoms. The molecule has 0 radical (unpaired) electrons. The molecule has 1 aliphatic carbocycles. The van der Waals surface area contributed by atoms with Crippen LogP contribution in [0.15, 0.2) is 77.3 Å². The highest BCUT2D eigenvalue weighted by Crippen LogP contribution is 2.39. The number of hydrogen-bond donors (Lipinski definition) is 2. The van der Waals surface area contributed by atoms with E-state index >= 15 is 0 Å². The van der Waals surface area contributed by atoms with Crippen LogP contribution in [0.25, 0.3) is 0 Å². The van der Waals surface area contributed by atoms with Crippen LogP contribution in [0.5, 0.6) is 0 Å². The number of rotatable bonds is 8. The Hall–Kier alpha value is -3.10. The smallest absolute Gasteiger partial charge is 0.234 e. The van der Waals surface area contributed by atoms with Crippen LogP contribution in [0.1, 0.15) is 54.3 Å². The third-order valence-electron chi connectivity index (χ3n) is 7.86. The molecule has 0 spiro atoms.